The number of rotatable bonds is 1. The quantitative estimate of drug-likeness (QED) is 0.634. The largest absolute Gasteiger partial charge is 0.445 e. The van der Waals surface area contributed by atoms with Crippen LogP contribution < -0.4 is 5.73 Å². The maximum atomic E-state index is 10.3. The number of nitrogens with zero attached hydrogens (tertiary/aromatic N) is 2. The molecule has 0 spiro atoms. The molecule has 2 N–H and O–H groups in total. The molecule has 1 aliphatic carbocycles. The molecule has 0 fully saturated rings. The van der Waals surface area contributed by atoms with Gasteiger partial charge in [-0.05, 0) is 40.6 Å². The van der Waals surface area contributed by atoms with Gasteiger partial charge in [0.25, 0.3) is 5.79 Å². The molecule has 5 nitrogen and oxygen atoms in total. The van der Waals surface area contributed by atoms with E-state index < -0.39 is 11.2 Å². The molecule has 0 bridgehead atoms. The first-order valence-electron chi connectivity index (χ1n) is 9.30. The van der Waals surface area contributed by atoms with Gasteiger partial charge < -0.3 is 15.2 Å². The molecule has 6 rings (SSSR count). The van der Waals surface area contributed by atoms with Crippen molar-refractivity contribution in [2.75, 3.05) is 0 Å². The Morgan fingerprint density at radius 2 is 1.50 bits per heavy atom. The third-order valence-electron chi connectivity index (χ3n) is 6.21. The maximum absolute atomic E-state index is 10.3. The van der Waals surface area contributed by atoms with E-state index in [0.717, 1.165) is 21.9 Å². The minimum atomic E-state index is -1.44. The van der Waals surface area contributed by atoms with Gasteiger partial charge >= 0.3 is 0 Å². The smallest absolute Gasteiger partial charge is 0.299 e. The second-order valence-corrected chi connectivity index (χ2v) is 7.89. The van der Waals surface area contributed by atoms with Crippen LogP contribution in [0.15, 0.2) is 77.7 Å². The van der Waals surface area contributed by atoms with E-state index >= 15 is 0 Å². The normalized spacial score (nSPS) is 25.4. The highest BCUT2D eigenvalue weighted by molar-refractivity contribution is 6.30. The molecule has 3 aromatic carbocycles. The zero-order valence-corrected chi connectivity index (χ0v) is 16.2. The van der Waals surface area contributed by atoms with Crippen LogP contribution in [0.2, 0.25) is 5.02 Å². The highest BCUT2D eigenvalue weighted by Gasteiger charge is 2.76. The van der Waals surface area contributed by atoms with Gasteiger partial charge in [-0.2, -0.15) is 10.5 Å². The fourth-order valence-electron chi connectivity index (χ4n) is 5.15. The number of nitrogens with two attached hydrogens (primary N) is 1. The van der Waals surface area contributed by atoms with Crippen LogP contribution in [0.5, 0.6) is 0 Å². The molecular weight excluding hydrogens is 398 g/mol. The van der Waals surface area contributed by atoms with Gasteiger partial charge in [0.15, 0.2) is 5.41 Å². The molecule has 0 radical (unpaired) electrons. The summed E-state index contributed by atoms with van der Waals surface area (Å²) in [5.74, 6) is -1.10. The molecule has 2 heterocycles. The predicted octanol–water partition coefficient (Wildman–Crippen LogP) is 4.59. The first kappa shape index (κ1) is 17.0. The van der Waals surface area contributed by atoms with Crippen molar-refractivity contribution in [3.8, 4) is 12.1 Å². The lowest BCUT2D eigenvalue weighted by Gasteiger charge is -2.33. The van der Waals surface area contributed by atoms with E-state index in [9.17, 15) is 10.5 Å². The van der Waals surface area contributed by atoms with Crippen molar-refractivity contribution in [3.63, 3.8) is 0 Å². The molecule has 0 saturated heterocycles. The molecule has 0 amide bonds. The minimum absolute atomic E-state index is 0.0214. The highest BCUT2D eigenvalue weighted by Crippen LogP contribution is 2.71. The van der Waals surface area contributed by atoms with Crippen LogP contribution in [0.3, 0.4) is 0 Å². The number of benzene rings is 3. The number of nitriles is 2. The van der Waals surface area contributed by atoms with E-state index in [0.29, 0.717) is 21.9 Å². The molecular formula is C24H12ClN3O2. The Bertz CT molecular complexity index is 1440. The van der Waals surface area contributed by atoms with Crippen LogP contribution in [0, 0.1) is 22.7 Å². The summed E-state index contributed by atoms with van der Waals surface area (Å²) in [6, 6.07) is 23.2. The van der Waals surface area contributed by atoms with Gasteiger partial charge in [-0.1, -0.05) is 48.0 Å². The van der Waals surface area contributed by atoms with Crippen molar-refractivity contribution in [1.82, 2.24) is 0 Å². The summed E-state index contributed by atoms with van der Waals surface area (Å²) in [4.78, 5) is 0. The molecule has 0 unspecified atom stereocenters. The van der Waals surface area contributed by atoms with Crippen molar-refractivity contribution in [1.29, 1.82) is 10.5 Å². The Balaban J connectivity index is 1.79. The van der Waals surface area contributed by atoms with Gasteiger partial charge in [0.2, 0.25) is 5.88 Å². The Morgan fingerprint density at radius 1 is 0.833 bits per heavy atom. The van der Waals surface area contributed by atoms with Gasteiger partial charge in [-0.3, -0.25) is 0 Å². The minimum Gasteiger partial charge on any atom is -0.445 e. The number of ether oxygens (including phenoxy) is 2. The Hall–Kier alpha value is -3.93. The van der Waals surface area contributed by atoms with Crippen LogP contribution in [-0.4, -0.2) is 0 Å². The van der Waals surface area contributed by atoms with Crippen LogP contribution in [0.1, 0.15) is 16.7 Å². The van der Waals surface area contributed by atoms with E-state index in [-0.39, 0.29) is 11.5 Å². The third-order valence-corrected chi connectivity index (χ3v) is 6.46. The topological polar surface area (TPSA) is 92.1 Å². The Kier molecular flexibility index (Phi) is 3.03. The second-order valence-electron chi connectivity index (χ2n) is 7.45. The summed E-state index contributed by atoms with van der Waals surface area (Å²) in [6.45, 7) is 0. The van der Waals surface area contributed by atoms with Crippen molar-refractivity contribution < 1.29 is 9.47 Å². The third kappa shape index (κ3) is 1.61. The predicted molar refractivity (Wildman–Crippen MR) is 110 cm³/mol. The monoisotopic (exact) mass is 409 g/mol. The van der Waals surface area contributed by atoms with Crippen LogP contribution in [0.25, 0.3) is 16.5 Å². The van der Waals surface area contributed by atoms with Gasteiger partial charge in [0, 0.05) is 16.1 Å². The van der Waals surface area contributed by atoms with Crippen molar-refractivity contribution in [2.24, 2.45) is 5.73 Å². The average molecular weight is 410 g/mol. The zero-order valence-electron chi connectivity index (χ0n) is 15.4. The first-order chi connectivity index (χ1) is 14.6. The average Bonchev–Trinajstić information content (AvgIpc) is 3.27. The van der Waals surface area contributed by atoms with Crippen molar-refractivity contribution in [2.45, 2.75) is 11.2 Å². The van der Waals surface area contributed by atoms with Gasteiger partial charge in [0.05, 0.1) is 5.57 Å². The molecule has 2 aliphatic heterocycles. The molecule has 30 heavy (non-hydrogen) atoms. The summed E-state index contributed by atoms with van der Waals surface area (Å²) in [5.41, 5.74) is 7.60. The molecule has 142 valence electrons. The number of hydrogen-bond donors (Lipinski definition) is 1. The van der Waals surface area contributed by atoms with Crippen molar-refractivity contribution >= 4 is 28.1 Å². The summed E-state index contributed by atoms with van der Waals surface area (Å²) >= 11 is 6.05. The number of hydrogen-bond acceptors (Lipinski definition) is 5. The van der Waals surface area contributed by atoms with E-state index in [1.54, 1.807) is 24.3 Å². The molecule has 0 saturated carbocycles. The SMILES string of the molecule is N#CC1=C(N)O[C@@]23OC(c4ccc(Cl)cc4)=C(C#N)[C@@]12c1cccc2cccc3c12. The molecule has 2 atom stereocenters. The van der Waals surface area contributed by atoms with Gasteiger partial charge in [-0.15, -0.1) is 0 Å². The molecule has 3 aromatic rings. The Morgan fingerprint density at radius 3 is 2.17 bits per heavy atom. The maximum Gasteiger partial charge on any atom is 0.299 e. The molecule has 3 aliphatic rings. The molecule has 6 heteroatoms. The van der Waals surface area contributed by atoms with Crippen molar-refractivity contribution in [3.05, 3.63) is 99.4 Å². The summed E-state index contributed by atoms with van der Waals surface area (Å²) in [6.07, 6.45) is 0. The summed E-state index contributed by atoms with van der Waals surface area (Å²) in [7, 11) is 0. The Labute approximate surface area is 176 Å². The van der Waals surface area contributed by atoms with Crippen LogP contribution >= 0.6 is 11.6 Å². The summed E-state index contributed by atoms with van der Waals surface area (Å²) < 4.78 is 12.7. The van der Waals surface area contributed by atoms with E-state index in [4.69, 9.17) is 26.8 Å². The summed E-state index contributed by atoms with van der Waals surface area (Å²) in [5, 5.41) is 22.9. The lowest BCUT2D eigenvalue weighted by Crippen LogP contribution is -2.43. The van der Waals surface area contributed by atoms with Crippen LogP contribution in [0.4, 0.5) is 0 Å². The van der Waals surface area contributed by atoms with Crippen LogP contribution in [-0.2, 0) is 20.7 Å². The fourth-order valence-corrected chi connectivity index (χ4v) is 5.27. The van der Waals surface area contributed by atoms with Gasteiger partial charge in [0.1, 0.15) is 23.5 Å². The first-order valence-corrected chi connectivity index (χ1v) is 9.68. The lowest BCUT2D eigenvalue weighted by atomic mass is 9.68. The van der Waals surface area contributed by atoms with Gasteiger partial charge in [-0.25, -0.2) is 0 Å². The zero-order chi connectivity index (χ0) is 20.7. The second kappa shape index (κ2) is 5.36. The lowest BCUT2D eigenvalue weighted by molar-refractivity contribution is -0.176. The number of halogens is 1. The van der Waals surface area contributed by atoms with E-state index in [1.165, 1.54) is 0 Å². The molecule has 0 aromatic heterocycles. The van der Waals surface area contributed by atoms with E-state index in [1.807, 2.05) is 36.4 Å². The highest BCUT2D eigenvalue weighted by atomic mass is 35.5. The fraction of sp³-hybridized carbons (Fsp3) is 0.0833. The standard InChI is InChI=1S/C24H12ClN3O2/c25-15-9-7-14(8-10-15)21-18(11-26)23-16-5-1-3-13-4-2-6-17(20(13)16)24(23,29-21)30-22(28)19(23)12-27/h1-10H,28H2/t23-,24+/m0/s1. The van der Waals surface area contributed by atoms with E-state index in [2.05, 4.69) is 12.1 Å².